The van der Waals surface area contributed by atoms with Crippen LogP contribution < -0.4 is 11.1 Å². The molecule has 2 amide bonds. The van der Waals surface area contributed by atoms with Crippen LogP contribution in [0.25, 0.3) is 0 Å². The van der Waals surface area contributed by atoms with Crippen molar-refractivity contribution >= 4 is 6.03 Å². The van der Waals surface area contributed by atoms with E-state index in [2.05, 4.69) is 0 Å². The van der Waals surface area contributed by atoms with Gasteiger partial charge in [0.1, 0.15) is 18.3 Å². The van der Waals surface area contributed by atoms with Crippen molar-refractivity contribution in [3.8, 4) is 0 Å². The highest BCUT2D eigenvalue weighted by atomic mass is 16.4. The molecule has 8 N–H and O–H groups in total. The van der Waals surface area contributed by atoms with Crippen molar-refractivity contribution in [3.05, 3.63) is 0 Å². The minimum absolute atomic E-state index is 0.667. The molecule has 0 fully saturated rings. The van der Waals surface area contributed by atoms with Gasteiger partial charge in [0.2, 0.25) is 0 Å². The number of amides is 2. The summed E-state index contributed by atoms with van der Waals surface area (Å²) in [4.78, 5) is 10.4. The third-order valence-corrected chi connectivity index (χ3v) is 1.87. The highest BCUT2D eigenvalue weighted by Gasteiger charge is 2.31. The quantitative estimate of drug-likeness (QED) is 0.244. The van der Waals surface area contributed by atoms with Crippen molar-refractivity contribution < 1.29 is 30.3 Å². The van der Waals surface area contributed by atoms with Crippen LogP contribution in [0.4, 0.5) is 4.79 Å². The summed E-state index contributed by atoms with van der Waals surface area (Å²) in [5.74, 6) is 0. The lowest BCUT2D eigenvalue weighted by atomic mass is 10.0. The third-order valence-electron chi connectivity index (χ3n) is 1.87. The number of aliphatic hydroxyl groups is 5. The molecule has 0 spiro atoms. The Morgan fingerprint density at radius 3 is 2.00 bits per heavy atom. The lowest BCUT2D eigenvalue weighted by Crippen LogP contribution is -2.55. The highest BCUT2D eigenvalue weighted by Crippen LogP contribution is 2.04. The van der Waals surface area contributed by atoms with E-state index < -0.39 is 43.6 Å². The summed E-state index contributed by atoms with van der Waals surface area (Å²) in [6.07, 6.45) is -4.90. The average molecular weight is 224 g/mol. The predicted octanol–water partition coefficient (Wildman–Crippen LogP) is -3.91. The molecule has 0 aromatic rings. The van der Waals surface area contributed by atoms with Crippen molar-refractivity contribution in [1.82, 2.24) is 5.32 Å². The largest absolute Gasteiger partial charge is 0.394 e. The summed E-state index contributed by atoms with van der Waals surface area (Å²) in [5, 5.41) is 46.8. The van der Waals surface area contributed by atoms with Gasteiger partial charge in [-0.25, -0.2) is 4.79 Å². The maximum atomic E-state index is 10.4. The first kappa shape index (κ1) is 14.1. The SMILES string of the molecule is NC(=O)NC(CO)C(O)C(O)C(O)CO. The van der Waals surface area contributed by atoms with Crippen LogP contribution in [-0.2, 0) is 0 Å². The van der Waals surface area contributed by atoms with Crippen molar-refractivity contribution in [2.75, 3.05) is 13.2 Å². The van der Waals surface area contributed by atoms with Gasteiger partial charge in [-0.3, -0.25) is 0 Å². The molecule has 4 unspecified atom stereocenters. The van der Waals surface area contributed by atoms with Gasteiger partial charge in [-0.15, -0.1) is 0 Å². The van der Waals surface area contributed by atoms with Crippen LogP contribution in [0.5, 0.6) is 0 Å². The second-order valence-electron chi connectivity index (χ2n) is 3.03. The Kier molecular flexibility index (Phi) is 6.13. The molecule has 0 bridgehead atoms. The number of primary amides is 1. The van der Waals surface area contributed by atoms with Gasteiger partial charge in [0.05, 0.1) is 19.3 Å². The molecule has 0 rings (SSSR count). The molecule has 8 heteroatoms. The number of carbonyl (C=O) groups is 1. The average Bonchev–Trinajstić information content (AvgIpc) is 2.22. The Hall–Kier alpha value is -0.930. The van der Waals surface area contributed by atoms with Crippen LogP contribution in [0.3, 0.4) is 0 Å². The van der Waals surface area contributed by atoms with E-state index in [1.807, 2.05) is 5.32 Å². The first-order valence-corrected chi connectivity index (χ1v) is 4.26. The fraction of sp³-hybridized carbons (Fsp3) is 0.857. The zero-order valence-corrected chi connectivity index (χ0v) is 7.95. The molecule has 0 aromatic carbocycles. The van der Waals surface area contributed by atoms with E-state index in [0.29, 0.717) is 0 Å². The molecule has 4 atom stereocenters. The number of nitrogens with two attached hydrogens (primary N) is 1. The smallest absolute Gasteiger partial charge is 0.312 e. The van der Waals surface area contributed by atoms with Crippen molar-refractivity contribution in [3.63, 3.8) is 0 Å². The molecule has 0 aliphatic rings. The molecule has 0 aliphatic heterocycles. The van der Waals surface area contributed by atoms with E-state index in [1.165, 1.54) is 0 Å². The van der Waals surface area contributed by atoms with Gasteiger partial charge in [0, 0.05) is 0 Å². The van der Waals surface area contributed by atoms with Crippen molar-refractivity contribution in [2.45, 2.75) is 24.4 Å². The van der Waals surface area contributed by atoms with Gasteiger partial charge in [-0.05, 0) is 0 Å². The van der Waals surface area contributed by atoms with Crippen LogP contribution in [0.1, 0.15) is 0 Å². The van der Waals surface area contributed by atoms with Gasteiger partial charge in [-0.1, -0.05) is 0 Å². The summed E-state index contributed by atoms with van der Waals surface area (Å²) in [6.45, 7) is -1.42. The number of hydrogen-bond donors (Lipinski definition) is 7. The van der Waals surface area contributed by atoms with Crippen LogP contribution in [0, 0.1) is 0 Å². The number of carbonyl (C=O) groups excluding carboxylic acids is 1. The molecular formula is C7H16N2O6. The fourth-order valence-electron chi connectivity index (χ4n) is 0.995. The minimum Gasteiger partial charge on any atom is -0.394 e. The molecule has 0 radical (unpaired) electrons. The van der Waals surface area contributed by atoms with E-state index in [0.717, 1.165) is 0 Å². The summed E-state index contributed by atoms with van der Waals surface area (Å²) >= 11 is 0. The van der Waals surface area contributed by atoms with E-state index >= 15 is 0 Å². The molecule has 0 saturated carbocycles. The van der Waals surface area contributed by atoms with Crippen LogP contribution >= 0.6 is 0 Å². The standard InChI is InChI=1S/C7H16N2O6/c8-7(15)9-3(1-10)5(13)6(14)4(12)2-11/h3-6,10-14H,1-2H2,(H3,8,9,15). The zero-order chi connectivity index (χ0) is 12.0. The fourth-order valence-corrected chi connectivity index (χ4v) is 0.995. The van der Waals surface area contributed by atoms with Gasteiger partial charge in [0.25, 0.3) is 0 Å². The van der Waals surface area contributed by atoms with Gasteiger partial charge in [0.15, 0.2) is 0 Å². The second-order valence-corrected chi connectivity index (χ2v) is 3.03. The monoisotopic (exact) mass is 224 g/mol. The van der Waals surface area contributed by atoms with E-state index in [9.17, 15) is 15.0 Å². The molecule has 0 saturated heterocycles. The lowest BCUT2D eigenvalue weighted by molar-refractivity contribution is -0.0901. The van der Waals surface area contributed by atoms with E-state index in [1.54, 1.807) is 0 Å². The Balaban J connectivity index is 4.35. The summed E-state index contributed by atoms with van der Waals surface area (Å²) < 4.78 is 0. The molecule has 8 nitrogen and oxygen atoms in total. The molecule has 15 heavy (non-hydrogen) atoms. The maximum absolute atomic E-state index is 10.4. The highest BCUT2D eigenvalue weighted by molar-refractivity contribution is 5.72. The normalized spacial score (nSPS) is 19.0. The summed E-state index contributed by atoms with van der Waals surface area (Å²) in [6, 6.07) is -2.20. The molecule has 0 aromatic heterocycles. The topological polar surface area (TPSA) is 156 Å². The number of rotatable bonds is 6. The Morgan fingerprint density at radius 2 is 1.67 bits per heavy atom. The second kappa shape index (κ2) is 6.53. The first-order valence-electron chi connectivity index (χ1n) is 4.26. The van der Waals surface area contributed by atoms with Gasteiger partial charge < -0.3 is 36.6 Å². The van der Waals surface area contributed by atoms with Crippen molar-refractivity contribution in [1.29, 1.82) is 0 Å². The molecule has 0 aliphatic carbocycles. The Bertz CT molecular complexity index is 202. The minimum atomic E-state index is -1.70. The number of aliphatic hydroxyl groups excluding tert-OH is 5. The van der Waals surface area contributed by atoms with Gasteiger partial charge in [-0.2, -0.15) is 0 Å². The van der Waals surface area contributed by atoms with Crippen molar-refractivity contribution in [2.24, 2.45) is 5.73 Å². The number of nitrogens with one attached hydrogen (secondary N) is 1. The lowest BCUT2D eigenvalue weighted by Gasteiger charge is -2.27. The molecular weight excluding hydrogens is 208 g/mol. The summed E-state index contributed by atoms with van der Waals surface area (Å²) in [7, 11) is 0. The third kappa shape index (κ3) is 4.40. The van der Waals surface area contributed by atoms with E-state index in [-0.39, 0.29) is 0 Å². The Morgan fingerprint density at radius 1 is 1.13 bits per heavy atom. The molecule has 0 heterocycles. The molecule has 90 valence electrons. The Labute approximate surface area is 86.0 Å². The summed E-state index contributed by atoms with van der Waals surface area (Å²) in [5.41, 5.74) is 4.75. The van der Waals surface area contributed by atoms with Crippen LogP contribution in [-0.4, -0.2) is 69.1 Å². The number of urea groups is 1. The first-order chi connectivity index (χ1) is 6.93. The van der Waals surface area contributed by atoms with Crippen LogP contribution in [0.2, 0.25) is 0 Å². The zero-order valence-electron chi connectivity index (χ0n) is 7.95. The van der Waals surface area contributed by atoms with Gasteiger partial charge >= 0.3 is 6.03 Å². The maximum Gasteiger partial charge on any atom is 0.312 e. The predicted molar refractivity (Wildman–Crippen MR) is 48.7 cm³/mol. The van der Waals surface area contributed by atoms with E-state index in [4.69, 9.17) is 21.1 Å². The number of hydrogen-bond acceptors (Lipinski definition) is 6. The van der Waals surface area contributed by atoms with Crippen LogP contribution in [0.15, 0.2) is 0 Å².